The maximum Gasteiger partial charge on any atom is 0.410 e. The highest BCUT2D eigenvalue weighted by Crippen LogP contribution is 2.37. The molecule has 2 heterocycles. The van der Waals surface area contributed by atoms with Gasteiger partial charge in [0.2, 0.25) is 11.8 Å². The van der Waals surface area contributed by atoms with E-state index in [1.165, 1.54) is 0 Å². The number of ether oxygens (including phenoxy) is 2. The standard InChI is InChI=1S/C21H27N3O5/c1-20(2,3)29-19(26)24-11-9-21(10-12-24,17(22)25)18-23-13-16(28-18)14-5-7-15(27-4)8-6-14/h5-8,13H,9-12H2,1-4H3,(H2,22,25). The molecule has 0 aliphatic carbocycles. The summed E-state index contributed by atoms with van der Waals surface area (Å²) in [5.74, 6) is 1.04. The number of carbonyl (C=O) groups excluding carboxylic acids is 2. The lowest BCUT2D eigenvalue weighted by atomic mass is 9.77. The van der Waals surface area contributed by atoms with E-state index in [2.05, 4.69) is 4.98 Å². The van der Waals surface area contributed by atoms with Gasteiger partial charge in [0.1, 0.15) is 16.8 Å². The molecule has 1 aromatic heterocycles. The van der Waals surface area contributed by atoms with Gasteiger partial charge in [-0.25, -0.2) is 9.78 Å². The number of primary amides is 1. The number of nitrogens with zero attached hydrogens (tertiary/aromatic N) is 2. The van der Waals surface area contributed by atoms with Crippen molar-refractivity contribution in [2.45, 2.75) is 44.6 Å². The Kier molecular flexibility index (Phi) is 5.55. The molecule has 1 fully saturated rings. The topological polar surface area (TPSA) is 108 Å². The number of hydrogen-bond acceptors (Lipinski definition) is 6. The van der Waals surface area contributed by atoms with Crippen molar-refractivity contribution < 1.29 is 23.5 Å². The molecule has 1 aromatic carbocycles. The average Bonchev–Trinajstić information content (AvgIpc) is 3.17. The highest BCUT2D eigenvalue weighted by atomic mass is 16.6. The fraction of sp³-hybridized carbons (Fsp3) is 0.476. The average molecular weight is 401 g/mol. The van der Waals surface area contributed by atoms with Crippen LogP contribution in [0.2, 0.25) is 0 Å². The van der Waals surface area contributed by atoms with Crippen LogP contribution in [0.25, 0.3) is 11.3 Å². The monoisotopic (exact) mass is 401 g/mol. The Morgan fingerprint density at radius 2 is 1.79 bits per heavy atom. The number of hydrogen-bond donors (Lipinski definition) is 1. The van der Waals surface area contributed by atoms with Crippen LogP contribution in [-0.2, 0) is 14.9 Å². The van der Waals surface area contributed by atoms with Crippen molar-refractivity contribution in [2.75, 3.05) is 20.2 Å². The fourth-order valence-electron chi connectivity index (χ4n) is 3.35. The first-order valence-electron chi connectivity index (χ1n) is 9.53. The van der Waals surface area contributed by atoms with Crippen LogP contribution < -0.4 is 10.5 Å². The smallest absolute Gasteiger partial charge is 0.410 e. The molecule has 3 rings (SSSR count). The predicted octanol–water partition coefficient (Wildman–Crippen LogP) is 3.10. The first-order valence-corrected chi connectivity index (χ1v) is 9.53. The lowest BCUT2D eigenvalue weighted by Gasteiger charge is -2.38. The Labute approximate surface area is 170 Å². The molecule has 2 amide bonds. The number of nitrogens with two attached hydrogens (primary N) is 1. The summed E-state index contributed by atoms with van der Waals surface area (Å²) in [6.45, 7) is 6.11. The molecule has 156 valence electrons. The minimum absolute atomic E-state index is 0.277. The molecule has 8 nitrogen and oxygen atoms in total. The summed E-state index contributed by atoms with van der Waals surface area (Å²) in [5, 5.41) is 0. The Balaban J connectivity index is 1.78. The summed E-state index contributed by atoms with van der Waals surface area (Å²) >= 11 is 0. The van der Waals surface area contributed by atoms with Crippen molar-refractivity contribution in [3.05, 3.63) is 36.4 Å². The van der Waals surface area contributed by atoms with Crippen LogP contribution in [0, 0.1) is 0 Å². The van der Waals surface area contributed by atoms with E-state index in [4.69, 9.17) is 19.6 Å². The largest absolute Gasteiger partial charge is 0.497 e. The molecule has 29 heavy (non-hydrogen) atoms. The second kappa shape index (κ2) is 7.77. The van der Waals surface area contributed by atoms with Gasteiger partial charge in [-0.1, -0.05) is 0 Å². The third-order valence-corrected chi connectivity index (χ3v) is 5.03. The third kappa shape index (κ3) is 4.36. The highest BCUT2D eigenvalue weighted by molar-refractivity contribution is 5.86. The van der Waals surface area contributed by atoms with Gasteiger partial charge in [-0.2, -0.15) is 0 Å². The number of rotatable bonds is 4. The van der Waals surface area contributed by atoms with Crippen molar-refractivity contribution in [1.82, 2.24) is 9.88 Å². The normalized spacial score (nSPS) is 16.3. The second-order valence-electron chi connectivity index (χ2n) is 8.17. The van der Waals surface area contributed by atoms with E-state index in [9.17, 15) is 9.59 Å². The highest BCUT2D eigenvalue weighted by Gasteiger charge is 2.47. The van der Waals surface area contributed by atoms with Crippen LogP contribution in [-0.4, -0.2) is 47.7 Å². The number of likely N-dealkylation sites (tertiary alicyclic amines) is 1. The van der Waals surface area contributed by atoms with Gasteiger partial charge in [0.05, 0.1) is 13.3 Å². The summed E-state index contributed by atoms with van der Waals surface area (Å²) in [5.41, 5.74) is 4.94. The molecule has 0 spiro atoms. The second-order valence-corrected chi connectivity index (χ2v) is 8.17. The van der Waals surface area contributed by atoms with E-state index in [-0.39, 0.29) is 5.89 Å². The van der Waals surface area contributed by atoms with Gasteiger partial charge in [0.15, 0.2) is 5.76 Å². The molecule has 2 N–H and O–H groups in total. The van der Waals surface area contributed by atoms with Crippen LogP contribution in [0.15, 0.2) is 34.9 Å². The number of carbonyl (C=O) groups is 2. The van der Waals surface area contributed by atoms with E-state index in [0.717, 1.165) is 11.3 Å². The van der Waals surface area contributed by atoms with E-state index in [1.807, 2.05) is 45.0 Å². The van der Waals surface area contributed by atoms with Gasteiger partial charge in [-0.3, -0.25) is 4.79 Å². The van der Waals surface area contributed by atoms with Crippen LogP contribution in [0.1, 0.15) is 39.5 Å². The minimum atomic E-state index is -1.05. The number of benzene rings is 1. The molecule has 0 atom stereocenters. The summed E-state index contributed by atoms with van der Waals surface area (Å²) in [6, 6.07) is 7.34. The fourth-order valence-corrected chi connectivity index (χ4v) is 3.35. The molecule has 0 radical (unpaired) electrons. The molecule has 1 saturated heterocycles. The van der Waals surface area contributed by atoms with E-state index < -0.39 is 23.0 Å². The molecule has 8 heteroatoms. The summed E-state index contributed by atoms with van der Waals surface area (Å²) in [4.78, 5) is 30.6. The van der Waals surface area contributed by atoms with Crippen molar-refractivity contribution >= 4 is 12.0 Å². The quantitative estimate of drug-likeness (QED) is 0.843. The van der Waals surface area contributed by atoms with E-state index >= 15 is 0 Å². The summed E-state index contributed by atoms with van der Waals surface area (Å²) in [6.07, 6.45) is 1.83. The Bertz CT molecular complexity index is 874. The summed E-state index contributed by atoms with van der Waals surface area (Å²) in [7, 11) is 1.60. The molecular formula is C21H27N3O5. The first-order chi connectivity index (χ1) is 13.6. The van der Waals surface area contributed by atoms with Crippen LogP contribution in [0.4, 0.5) is 4.79 Å². The van der Waals surface area contributed by atoms with E-state index in [0.29, 0.717) is 31.7 Å². The number of piperidine rings is 1. The van der Waals surface area contributed by atoms with Gasteiger partial charge in [0.25, 0.3) is 0 Å². The lowest BCUT2D eigenvalue weighted by molar-refractivity contribution is -0.126. The molecule has 1 aliphatic heterocycles. The number of aromatic nitrogens is 1. The Morgan fingerprint density at radius 1 is 1.17 bits per heavy atom. The molecular weight excluding hydrogens is 374 g/mol. The zero-order chi connectivity index (χ0) is 21.2. The SMILES string of the molecule is COc1ccc(-c2cnc(C3(C(N)=O)CCN(C(=O)OC(C)(C)C)CC3)o2)cc1. The van der Waals surface area contributed by atoms with Gasteiger partial charge in [0, 0.05) is 18.7 Å². The van der Waals surface area contributed by atoms with Gasteiger partial charge < -0.3 is 24.5 Å². The maximum absolute atomic E-state index is 12.4. The maximum atomic E-state index is 12.4. The molecule has 0 bridgehead atoms. The predicted molar refractivity (Wildman–Crippen MR) is 106 cm³/mol. The Hall–Kier alpha value is -3.03. The van der Waals surface area contributed by atoms with Crippen LogP contribution >= 0.6 is 0 Å². The van der Waals surface area contributed by atoms with Gasteiger partial charge in [-0.15, -0.1) is 0 Å². The molecule has 0 unspecified atom stereocenters. The third-order valence-electron chi connectivity index (χ3n) is 5.03. The van der Waals surface area contributed by atoms with Crippen LogP contribution in [0.5, 0.6) is 5.75 Å². The van der Waals surface area contributed by atoms with Crippen molar-refractivity contribution in [3.8, 4) is 17.1 Å². The number of methoxy groups -OCH3 is 1. The van der Waals surface area contributed by atoms with Gasteiger partial charge >= 0.3 is 6.09 Å². The first kappa shape index (κ1) is 20.7. The van der Waals surface area contributed by atoms with Crippen molar-refractivity contribution in [2.24, 2.45) is 5.73 Å². The van der Waals surface area contributed by atoms with E-state index in [1.54, 1.807) is 18.2 Å². The van der Waals surface area contributed by atoms with Gasteiger partial charge in [-0.05, 0) is 57.9 Å². The number of amides is 2. The molecule has 2 aromatic rings. The zero-order valence-corrected chi connectivity index (χ0v) is 17.2. The summed E-state index contributed by atoms with van der Waals surface area (Å²) < 4.78 is 16.5. The minimum Gasteiger partial charge on any atom is -0.497 e. The number of oxazole rings is 1. The van der Waals surface area contributed by atoms with Crippen molar-refractivity contribution in [3.63, 3.8) is 0 Å². The van der Waals surface area contributed by atoms with Crippen LogP contribution in [0.3, 0.4) is 0 Å². The molecule has 0 saturated carbocycles. The molecule has 1 aliphatic rings. The zero-order valence-electron chi connectivity index (χ0n) is 17.2. The van der Waals surface area contributed by atoms with Crippen molar-refractivity contribution in [1.29, 1.82) is 0 Å². The lowest BCUT2D eigenvalue weighted by Crippen LogP contribution is -2.52. The Morgan fingerprint density at radius 3 is 2.31 bits per heavy atom.